The summed E-state index contributed by atoms with van der Waals surface area (Å²) in [5.74, 6) is 1.68. The minimum absolute atomic E-state index is 0.508. The molecule has 0 bridgehead atoms. The van der Waals surface area contributed by atoms with Crippen molar-refractivity contribution < 1.29 is 0 Å². The molecule has 1 aromatic rings. The van der Waals surface area contributed by atoms with E-state index in [2.05, 4.69) is 12.2 Å². The van der Waals surface area contributed by atoms with Crippen LogP contribution in [-0.4, -0.2) is 6.54 Å². The van der Waals surface area contributed by atoms with Gasteiger partial charge in [-0.15, -0.1) is 0 Å². The lowest BCUT2D eigenvalue weighted by Gasteiger charge is -2.28. The van der Waals surface area contributed by atoms with Gasteiger partial charge in [0, 0.05) is 6.54 Å². The molecule has 0 heterocycles. The zero-order valence-corrected chi connectivity index (χ0v) is 12.9. The third-order valence-electron chi connectivity index (χ3n) is 4.22. The van der Waals surface area contributed by atoms with Gasteiger partial charge in [-0.2, -0.15) is 0 Å². The maximum atomic E-state index is 6.02. The van der Waals surface area contributed by atoms with Crippen molar-refractivity contribution in [3.05, 3.63) is 22.2 Å². The molecule has 0 aliphatic heterocycles. The Labute approximate surface area is 125 Å². The second-order valence-electron chi connectivity index (χ2n) is 5.53. The normalized spacial score (nSPS) is 23.3. The minimum atomic E-state index is 0.508. The quantitative estimate of drug-likeness (QED) is 0.750. The van der Waals surface area contributed by atoms with E-state index in [1.807, 2.05) is 6.07 Å². The van der Waals surface area contributed by atoms with Gasteiger partial charge in [-0.25, -0.2) is 0 Å². The van der Waals surface area contributed by atoms with Gasteiger partial charge in [-0.05, 0) is 36.8 Å². The van der Waals surface area contributed by atoms with Crippen LogP contribution in [0.4, 0.5) is 11.4 Å². The zero-order valence-electron chi connectivity index (χ0n) is 11.4. The first-order chi connectivity index (χ1) is 9.10. The topological polar surface area (TPSA) is 38.0 Å². The first-order valence-electron chi connectivity index (χ1n) is 7.08. The third-order valence-corrected chi connectivity index (χ3v) is 4.94. The Kier molecular flexibility index (Phi) is 5.23. The highest BCUT2D eigenvalue weighted by Crippen LogP contribution is 2.33. The van der Waals surface area contributed by atoms with E-state index in [9.17, 15) is 0 Å². The second kappa shape index (κ2) is 6.71. The first-order valence-corrected chi connectivity index (χ1v) is 7.84. The Morgan fingerprint density at radius 3 is 2.32 bits per heavy atom. The highest BCUT2D eigenvalue weighted by atomic mass is 35.5. The van der Waals surface area contributed by atoms with E-state index in [-0.39, 0.29) is 0 Å². The molecule has 19 heavy (non-hydrogen) atoms. The van der Waals surface area contributed by atoms with Crippen LogP contribution in [0.3, 0.4) is 0 Å². The number of rotatable bonds is 4. The average molecular weight is 301 g/mol. The molecular weight excluding hydrogens is 279 g/mol. The average Bonchev–Trinajstić information content (AvgIpc) is 2.42. The van der Waals surface area contributed by atoms with Crippen LogP contribution in [0.25, 0.3) is 0 Å². The highest BCUT2D eigenvalue weighted by molar-refractivity contribution is 6.42. The fourth-order valence-electron chi connectivity index (χ4n) is 2.81. The van der Waals surface area contributed by atoms with Gasteiger partial charge in [0.25, 0.3) is 0 Å². The minimum Gasteiger partial charge on any atom is -0.397 e. The predicted molar refractivity (Wildman–Crippen MR) is 85.1 cm³/mol. The molecule has 1 fully saturated rings. The summed E-state index contributed by atoms with van der Waals surface area (Å²) in [7, 11) is 0. The van der Waals surface area contributed by atoms with Crippen molar-refractivity contribution in [2.45, 2.75) is 39.0 Å². The Hall–Kier alpha value is -0.600. The van der Waals surface area contributed by atoms with Crippen LogP contribution in [-0.2, 0) is 0 Å². The van der Waals surface area contributed by atoms with E-state index in [0.29, 0.717) is 15.7 Å². The standard InChI is InChI=1S/C15H22Cl2N2/c1-2-10-3-5-11(6-4-10)9-19-15-8-13(17)12(16)7-14(15)18/h7-8,10-11,19H,2-6,9,18H2,1H3. The molecule has 0 radical (unpaired) electrons. The SMILES string of the molecule is CCC1CCC(CNc2cc(Cl)c(Cl)cc2N)CC1. The van der Waals surface area contributed by atoms with Gasteiger partial charge in [0.1, 0.15) is 0 Å². The molecule has 0 aromatic heterocycles. The van der Waals surface area contributed by atoms with Crippen molar-refractivity contribution in [2.75, 3.05) is 17.6 Å². The number of nitrogens with two attached hydrogens (primary N) is 1. The summed E-state index contributed by atoms with van der Waals surface area (Å²) in [5, 5.41) is 4.47. The summed E-state index contributed by atoms with van der Waals surface area (Å²) in [6, 6.07) is 3.52. The molecule has 0 saturated heterocycles. The van der Waals surface area contributed by atoms with Crippen molar-refractivity contribution in [1.29, 1.82) is 0 Å². The lowest BCUT2D eigenvalue weighted by molar-refractivity contribution is 0.278. The van der Waals surface area contributed by atoms with Gasteiger partial charge < -0.3 is 11.1 Å². The van der Waals surface area contributed by atoms with Crippen molar-refractivity contribution >= 4 is 34.6 Å². The fourth-order valence-corrected chi connectivity index (χ4v) is 3.15. The fraction of sp³-hybridized carbons (Fsp3) is 0.600. The third kappa shape index (κ3) is 3.93. The summed E-state index contributed by atoms with van der Waals surface area (Å²) >= 11 is 11.9. The first kappa shape index (κ1) is 14.8. The van der Waals surface area contributed by atoms with E-state index in [1.165, 1.54) is 32.1 Å². The Morgan fingerprint density at radius 1 is 1.11 bits per heavy atom. The smallest absolute Gasteiger partial charge is 0.0614 e. The van der Waals surface area contributed by atoms with E-state index in [0.717, 1.165) is 24.1 Å². The van der Waals surface area contributed by atoms with Crippen LogP contribution in [0.1, 0.15) is 39.0 Å². The number of nitrogens with one attached hydrogen (secondary N) is 1. The van der Waals surface area contributed by atoms with Crippen LogP contribution in [0.2, 0.25) is 10.0 Å². The Bertz CT molecular complexity index is 426. The number of hydrogen-bond donors (Lipinski definition) is 2. The summed E-state index contributed by atoms with van der Waals surface area (Å²) in [6.07, 6.45) is 6.67. The van der Waals surface area contributed by atoms with Crippen LogP contribution < -0.4 is 11.1 Å². The lowest BCUT2D eigenvalue weighted by Crippen LogP contribution is -2.21. The van der Waals surface area contributed by atoms with Gasteiger partial charge in [0.15, 0.2) is 0 Å². The molecule has 3 N–H and O–H groups in total. The number of hydrogen-bond acceptors (Lipinski definition) is 2. The second-order valence-corrected chi connectivity index (χ2v) is 6.34. The molecule has 2 nitrogen and oxygen atoms in total. The van der Waals surface area contributed by atoms with Crippen LogP contribution >= 0.6 is 23.2 Å². The lowest BCUT2D eigenvalue weighted by atomic mass is 9.81. The molecule has 0 amide bonds. The van der Waals surface area contributed by atoms with Gasteiger partial charge in [0.05, 0.1) is 21.4 Å². The molecule has 0 atom stereocenters. The molecule has 2 rings (SSSR count). The van der Waals surface area contributed by atoms with E-state index in [4.69, 9.17) is 28.9 Å². The van der Waals surface area contributed by atoms with E-state index >= 15 is 0 Å². The van der Waals surface area contributed by atoms with Crippen molar-refractivity contribution in [1.82, 2.24) is 0 Å². The molecule has 1 aliphatic rings. The van der Waals surface area contributed by atoms with Crippen molar-refractivity contribution in [2.24, 2.45) is 11.8 Å². The number of benzene rings is 1. The van der Waals surface area contributed by atoms with Crippen LogP contribution in [0.5, 0.6) is 0 Å². The molecule has 106 valence electrons. The van der Waals surface area contributed by atoms with Crippen molar-refractivity contribution in [3.63, 3.8) is 0 Å². The Morgan fingerprint density at radius 2 is 1.68 bits per heavy atom. The van der Waals surface area contributed by atoms with E-state index in [1.54, 1.807) is 6.07 Å². The maximum Gasteiger partial charge on any atom is 0.0614 e. The summed E-state index contributed by atoms with van der Waals surface area (Å²) in [4.78, 5) is 0. The van der Waals surface area contributed by atoms with E-state index < -0.39 is 0 Å². The van der Waals surface area contributed by atoms with Gasteiger partial charge in [0.2, 0.25) is 0 Å². The largest absolute Gasteiger partial charge is 0.397 e. The molecule has 1 aromatic carbocycles. The van der Waals surface area contributed by atoms with Gasteiger partial charge in [-0.3, -0.25) is 0 Å². The monoisotopic (exact) mass is 300 g/mol. The van der Waals surface area contributed by atoms with Crippen molar-refractivity contribution in [3.8, 4) is 0 Å². The number of nitrogen functional groups attached to an aromatic ring is 1. The molecule has 1 aliphatic carbocycles. The Balaban J connectivity index is 1.88. The zero-order chi connectivity index (χ0) is 13.8. The summed E-state index contributed by atoms with van der Waals surface area (Å²) in [6.45, 7) is 3.26. The van der Waals surface area contributed by atoms with Gasteiger partial charge >= 0.3 is 0 Å². The van der Waals surface area contributed by atoms with Crippen LogP contribution in [0, 0.1) is 11.8 Å². The highest BCUT2D eigenvalue weighted by Gasteiger charge is 2.19. The molecule has 0 unspecified atom stereocenters. The summed E-state index contributed by atoms with van der Waals surface area (Å²) < 4.78 is 0. The number of anilines is 2. The number of halogens is 2. The molecule has 1 saturated carbocycles. The maximum absolute atomic E-state index is 6.02. The molecular formula is C15H22Cl2N2. The van der Waals surface area contributed by atoms with Crippen LogP contribution in [0.15, 0.2) is 12.1 Å². The predicted octanol–water partition coefficient (Wildman–Crippen LogP) is 5.20. The molecule has 4 heteroatoms. The molecule has 0 spiro atoms. The van der Waals surface area contributed by atoms with Gasteiger partial charge in [-0.1, -0.05) is 49.4 Å². The summed E-state index contributed by atoms with van der Waals surface area (Å²) in [5.41, 5.74) is 7.50.